The van der Waals surface area contributed by atoms with E-state index in [-0.39, 0.29) is 0 Å². The van der Waals surface area contributed by atoms with Gasteiger partial charge in [-0.25, -0.2) is 4.57 Å². The van der Waals surface area contributed by atoms with E-state index in [0.29, 0.717) is 4.78 Å². The van der Waals surface area contributed by atoms with Gasteiger partial charge in [-0.3, -0.25) is 0 Å². The number of unbranched alkanes of at least 4 members (excludes halogenated alkanes) is 2. The van der Waals surface area contributed by atoms with Crippen molar-refractivity contribution >= 4 is 25.5 Å². The maximum atomic E-state index is 8.88. The second-order valence-corrected chi connectivity index (χ2v) is 5.03. The van der Waals surface area contributed by atoms with Crippen LogP contribution in [-0.2, 0) is 9.30 Å². The molecular formula is C12H28LiO5P. The van der Waals surface area contributed by atoms with Crippen molar-refractivity contribution in [3.63, 3.8) is 0 Å². The first-order valence-corrected chi connectivity index (χ1v) is 8.30. The Bertz CT molecular complexity index is 212. The van der Waals surface area contributed by atoms with Crippen molar-refractivity contribution < 1.29 is 24.0 Å². The minimum atomic E-state index is -4.64. The van der Waals surface area contributed by atoms with Crippen molar-refractivity contribution in [2.45, 2.75) is 57.7 Å². The number of hydrogen-bond acceptors (Lipinski definition) is 2. The summed E-state index contributed by atoms with van der Waals surface area (Å²) >= 11 is 2.13. The molecule has 0 aliphatic rings. The molecule has 112 valence electrons. The van der Waals surface area contributed by atoms with Crippen molar-refractivity contribution in [3.05, 3.63) is 12.7 Å². The monoisotopic (exact) mass is 290 g/mol. The molecule has 0 rings (SSSR count). The van der Waals surface area contributed by atoms with Crippen LogP contribution in [0.15, 0.2) is 12.7 Å². The molecule has 19 heavy (non-hydrogen) atoms. The summed E-state index contributed by atoms with van der Waals surface area (Å²) < 4.78 is 14.8. The second kappa shape index (κ2) is 18.4. The Kier molecular flexibility index (Phi) is 23.7. The number of ether oxygens (including phenoxy) is 1. The first kappa shape index (κ1) is 24.4. The molecule has 0 saturated carbocycles. The fourth-order valence-corrected chi connectivity index (χ4v) is 0.754. The van der Waals surface area contributed by atoms with Gasteiger partial charge in [-0.05, 0) is 6.42 Å². The summed E-state index contributed by atoms with van der Waals surface area (Å²) in [6.45, 7) is 10.9. The van der Waals surface area contributed by atoms with Crippen molar-refractivity contribution in [1.29, 1.82) is 0 Å². The van der Waals surface area contributed by atoms with Gasteiger partial charge in [0.05, 0.1) is 0 Å². The third-order valence-electron chi connectivity index (χ3n) is 2.01. The maximum absolute atomic E-state index is 8.88. The van der Waals surface area contributed by atoms with Crippen LogP contribution in [0, 0.1) is 0 Å². The first-order valence-electron chi connectivity index (χ1n) is 6.73. The van der Waals surface area contributed by atoms with E-state index in [1.165, 1.54) is 19.3 Å². The van der Waals surface area contributed by atoms with E-state index in [1.807, 2.05) is 6.08 Å². The Labute approximate surface area is 126 Å². The topological polar surface area (TPSA) is 87.0 Å². The molecule has 1 unspecified atom stereocenters. The van der Waals surface area contributed by atoms with Crippen LogP contribution in [0.2, 0.25) is 0 Å². The van der Waals surface area contributed by atoms with E-state index in [4.69, 9.17) is 24.0 Å². The van der Waals surface area contributed by atoms with E-state index >= 15 is 0 Å². The van der Waals surface area contributed by atoms with Crippen molar-refractivity contribution in [3.8, 4) is 0 Å². The van der Waals surface area contributed by atoms with Crippen LogP contribution >= 0.6 is 7.82 Å². The van der Waals surface area contributed by atoms with Gasteiger partial charge in [0, 0.05) is 0 Å². The summed E-state index contributed by atoms with van der Waals surface area (Å²) in [7, 11) is -4.64. The van der Waals surface area contributed by atoms with E-state index in [9.17, 15) is 0 Å². The molecule has 3 N–H and O–H groups in total. The fraction of sp³-hybridized carbons (Fsp3) is 0.833. The van der Waals surface area contributed by atoms with Crippen LogP contribution in [0.4, 0.5) is 0 Å². The average Bonchev–Trinajstić information content (AvgIpc) is 2.32. The Balaban J connectivity index is -0.000000238. The van der Waals surface area contributed by atoms with Crippen molar-refractivity contribution in [2.75, 3.05) is 6.61 Å². The number of rotatable bonds is 7. The SMILES string of the molecule is C=CCC.O=P(O)(O)O.[Li][CH](CC)OCCCCC. The first-order chi connectivity index (χ1) is 8.72. The van der Waals surface area contributed by atoms with Gasteiger partial charge in [-0.2, -0.15) is 0 Å². The standard InChI is InChI=1S/C8H17O.C4H8.Li.H3O4P/c1-3-5-6-8-9-7-4-2;1-3-4-2;;1-5(2,3)4/h7H,3-6,8H2,1-2H3;3H,1,4H2,2H3;;(H3,1,2,3,4). The average molecular weight is 290 g/mol. The summed E-state index contributed by atoms with van der Waals surface area (Å²) in [6.07, 6.45) is 7.90. The Morgan fingerprint density at radius 3 is 1.95 bits per heavy atom. The van der Waals surface area contributed by atoms with E-state index in [1.54, 1.807) is 0 Å². The van der Waals surface area contributed by atoms with Crippen LogP contribution in [0.25, 0.3) is 0 Å². The Morgan fingerprint density at radius 1 is 1.26 bits per heavy atom. The summed E-state index contributed by atoms with van der Waals surface area (Å²) in [6, 6.07) is 0. The molecule has 0 heterocycles. The van der Waals surface area contributed by atoms with Gasteiger partial charge >= 0.3 is 81.2 Å². The number of hydrogen-bond donors (Lipinski definition) is 3. The molecule has 0 amide bonds. The van der Waals surface area contributed by atoms with E-state index in [0.717, 1.165) is 19.4 Å². The van der Waals surface area contributed by atoms with Gasteiger partial charge in [-0.15, -0.1) is 6.58 Å². The fourth-order valence-electron chi connectivity index (χ4n) is 0.754. The molecule has 5 nitrogen and oxygen atoms in total. The molecule has 7 heteroatoms. The molecule has 0 bridgehead atoms. The molecule has 0 aromatic rings. The molecule has 0 aliphatic heterocycles. The molecule has 0 spiro atoms. The van der Waals surface area contributed by atoms with Gasteiger partial charge in [0.25, 0.3) is 0 Å². The van der Waals surface area contributed by atoms with Crippen molar-refractivity contribution in [1.82, 2.24) is 0 Å². The molecule has 0 aliphatic carbocycles. The van der Waals surface area contributed by atoms with Gasteiger partial charge in [0.1, 0.15) is 0 Å². The minimum absolute atomic E-state index is 0.455. The van der Waals surface area contributed by atoms with Crippen LogP contribution in [0.5, 0.6) is 0 Å². The normalized spacial score (nSPS) is 11.6. The third-order valence-corrected chi connectivity index (χ3v) is 2.01. The second-order valence-electron chi connectivity index (χ2n) is 4.01. The third kappa shape index (κ3) is 56.0. The molecule has 0 radical (unpaired) electrons. The molecule has 1 atom stereocenters. The van der Waals surface area contributed by atoms with E-state index in [2.05, 4.69) is 45.1 Å². The number of allylic oxidation sites excluding steroid dienone is 1. The van der Waals surface area contributed by atoms with Gasteiger partial charge in [0.2, 0.25) is 0 Å². The van der Waals surface area contributed by atoms with Crippen LogP contribution in [0.3, 0.4) is 0 Å². The number of phosphoric acid groups is 1. The summed E-state index contributed by atoms with van der Waals surface area (Å²) in [5.74, 6) is 0. The Morgan fingerprint density at radius 2 is 1.68 bits per heavy atom. The van der Waals surface area contributed by atoms with Gasteiger partial charge in [-0.1, -0.05) is 13.0 Å². The molecule has 0 saturated heterocycles. The summed E-state index contributed by atoms with van der Waals surface area (Å²) in [4.78, 5) is 21.6. The quantitative estimate of drug-likeness (QED) is 0.290. The molecule has 0 fully saturated rings. The summed E-state index contributed by atoms with van der Waals surface area (Å²) in [5, 5.41) is 0. The van der Waals surface area contributed by atoms with Gasteiger partial charge in [0.15, 0.2) is 0 Å². The van der Waals surface area contributed by atoms with Crippen molar-refractivity contribution in [2.24, 2.45) is 0 Å². The Hall–Kier alpha value is 0.407. The van der Waals surface area contributed by atoms with Crippen LogP contribution < -0.4 is 0 Å². The van der Waals surface area contributed by atoms with Gasteiger partial charge < -0.3 is 14.7 Å². The van der Waals surface area contributed by atoms with E-state index < -0.39 is 7.82 Å². The summed E-state index contributed by atoms with van der Waals surface area (Å²) in [5.41, 5.74) is 0. The zero-order valence-electron chi connectivity index (χ0n) is 12.7. The molecular weight excluding hydrogens is 262 g/mol. The molecule has 0 aromatic carbocycles. The molecule has 0 aromatic heterocycles. The predicted octanol–water partition coefficient (Wildman–Crippen LogP) is 2.75. The zero-order chi connectivity index (χ0) is 15.7. The zero-order valence-corrected chi connectivity index (χ0v) is 13.6. The van der Waals surface area contributed by atoms with Crippen LogP contribution in [-0.4, -0.2) is 43.8 Å². The van der Waals surface area contributed by atoms with Crippen LogP contribution in [0.1, 0.15) is 52.9 Å². The predicted molar refractivity (Wildman–Crippen MR) is 80.1 cm³/mol.